The Hall–Kier alpha value is -3.38. The van der Waals surface area contributed by atoms with Gasteiger partial charge in [0, 0.05) is 37.2 Å². The molecule has 0 saturated carbocycles. The van der Waals surface area contributed by atoms with Crippen LogP contribution in [-0.2, 0) is 33.3 Å². The lowest BCUT2D eigenvalue weighted by molar-refractivity contribution is -0.148. The smallest absolute Gasteiger partial charge is 0.331 e. The summed E-state index contributed by atoms with van der Waals surface area (Å²) in [5.74, 6) is -0.875. The minimum atomic E-state index is -0.777. The van der Waals surface area contributed by atoms with E-state index in [4.69, 9.17) is 28.8 Å². The molecule has 0 aromatic rings. The maximum Gasteiger partial charge on any atom is 0.331 e. The first-order valence-corrected chi connectivity index (χ1v) is 21.2. The zero-order valence-electron chi connectivity index (χ0n) is 34.2. The van der Waals surface area contributed by atoms with Gasteiger partial charge in [0.1, 0.15) is 12.2 Å². The molecule has 0 amide bonds. The number of carbonyl (C=O) groups excluding carboxylic acids is 1. The van der Waals surface area contributed by atoms with Crippen LogP contribution in [0.5, 0.6) is 0 Å². The summed E-state index contributed by atoms with van der Waals surface area (Å²) in [5, 5.41) is 30.7. The van der Waals surface area contributed by atoms with Crippen LogP contribution >= 0.6 is 0 Å². The van der Waals surface area contributed by atoms with E-state index < -0.39 is 36.4 Å². The number of allylic oxidation sites excluding steroid dienone is 7. The van der Waals surface area contributed by atoms with E-state index in [1.807, 2.05) is 56.4 Å². The summed E-state index contributed by atoms with van der Waals surface area (Å²) in [6.07, 6.45) is 33.0. The number of unbranched alkanes of at least 4 members (excludes halogenated alkanes) is 1. The Morgan fingerprint density at radius 2 is 1.56 bits per heavy atom. The normalized spacial score (nSPS) is 40.9. The first kappa shape index (κ1) is 44.7. The number of esters is 1. The van der Waals surface area contributed by atoms with Crippen molar-refractivity contribution in [2.24, 2.45) is 17.8 Å². The van der Waals surface area contributed by atoms with Gasteiger partial charge in [-0.1, -0.05) is 106 Å². The van der Waals surface area contributed by atoms with E-state index in [1.54, 1.807) is 12.2 Å². The van der Waals surface area contributed by atoms with E-state index in [0.717, 1.165) is 37.7 Å². The second kappa shape index (κ2) is 22.7. The van der Waals surface area contributed by atoms with Crippen LogP contribution < -0.4 is 0 Å². The van der Waals surface area contributed by atoms with Crippen LogP contribution in [-0.4, -0.2) is 94.4 Å². The van der Waals surface area contributed by atoms with Crippen LogP contribution in [0.4, 0.5) is 0 Å². The summed E-state index contributed by atoms with van der Waals surface area (Å²) < 4.78 is 31.7. The van der Waals surface area contributed by atoms with Gasteiger partial charge in [-0.2, -0.15) is 0 Å². The monoisotopic (exact) mass is 790 g/mol. The molecule has 0 radical (unpaired) electrons. The first-order chi connectivity index (χ1) is 27.5. The largest absolute Gasteiger partial charge is 0.481 e. The zero-order valence-corrected chi connectivity index (χ0v) is 34.2. The van der Waals surface area contributed by atoms with Crippen LogP contribution in [0, 0.1) is 17.8 Å². The number of aliphatic hydroxyl groups is 2. The van der Waals surface area contributed by atoms with Crippen LogP contribution in [0.15, 0.2) is 96.7 Å². The number of hydrogen-bond donors (Lipinski definition) is 3. The third-order valence-corrected chi connectivity index (χ3v) is 11.8. The summed E-state index contributed by atoms with van der Waals surface area (Å²) >= 11 is 0. The van der Waals surface area contributed by atoms with Gasteiger partial charge in [0.05, 0.1) is 48.8 Å². The fraction of sp³-hybridized carbons (Fsp3) is 0.617. The van der Waals surface area contributed by atoms with Gasteiger partial charge in [0.25, 0.3) is 0 Å². The number of hydrogen-bond acceptors (Lipinski definition) is 9. The Balaban J connectivity index is 1.27. The van der Waals surface area contributed by atoms with Gasteiger partial charge in [-0.25, -0.2) is 4.79 Å². The second-order valence-corrected chi connectivity index (χ2v) is 16.5. The van der Waals surface area contributed by atoms with Crippen molar-refractivity contribution in [1.29, 1.82) is 0 Å². The molecule has 3 saturated heterocycles. The highest BCUT2D eigenvalue weighted by Gasteiger charge is 2.45. The molecule has 0 aliphatic carbocycles. The average Bonchev–Trinajstić information content (AvgIpc) is 3.52. The Morgan fingerprint density at radius 1 is 0.772 bits per heavy atom. The van der Waals surface area contributed by atoms with Gasteiger partial charge >= 0.3 is 11.9 Å². The van der Waals surface area contributed by atoms with Crippen molar-refractivity contribution in [1.82, 2.24) is 0 Å². The van der Waals surface area contributed by atoms with E-state index in [-0.39, 0.29) is 66.9 Å². The lowest BCUT2D eigenvalue weighted by atomic mass is 9.86. The third-order valence-electron chi connectivity index (χ3n) is 11.8. The van der Waals surface area contributed by atoms with E-state index in [9.17, 15) is 19.8 Å². The molecule has 6 aliphatic rings. The number of carbonyl (C=O) groups is 2. The summed E-state index contributed by atoms with van der Waals surface area (Å²) in [6, 6.07) is 0. The van der Waals surface area contributed by atoms with Gasteiger partial charge in [-0.05, 0) is 69.4 Å². The fourth-order valence-corrected chi connectivity index (χ4v) is 8.40. The lowest BCUT2D eigenvalue weighted by Crippen LogP contribution is -2.43. The average molecular weight is 791 g/mol. The predicted octanol–water partition coefficient (Wildman–Crippen LogP) is 7.83. The molecule has 0 aromatic heterocycles. The van der Waals surface area contributed by atoms with Gasteiger partial charge in [0.2, 0.25) is 0 Å². The molecule has 0 aromatic carbocycles. The molecular formula is C47H66O10. The standard InChI is InChI=1S/C47H66O10/c1-31(17-14-15-23-45(50)51)27-32(2)47-42-26-25-36(54-47)19-11-7-5-6-10-18-35(48)28-37-29-38(49)33(3)39(53-37)21-16-22-40-34(4)43-30-44(55-40)41(56-43)20-12-8-9-13-24-46(52)57-42/h7-13,16,18,20,22,24-27,31,33-44,47-49H,5-6,14-15,17,19,21,23,28-30H2,1-4H3,(H,50,51)/b9-8-,11-7-,18-10-,20-12-,22-16-,24-13-,32-27+/t31-,33-,34+,35+,36+,37+,38+,39-,40+,41-,42+,43-,44-,47+/m1/s1. The van der Waals surface area contributed by atoms with Crippen LogP contribution in [0.2, 0.25) is 0 Å². The maximum atomic E-state index is 13.0. The molecule has 0 unspecified atom stereocenters. The molecule has 0 spiro atoms. The van der Waals surface area contributed by atoms with Gasteiger partial charge in [-0.15, -0.1) is 0 Å². The maximum absolute atomic E-state index is 13.0. The highest BCUT2D eigenvalue weighted by atomic mass is 16.6. The Morgan fingerprint density at radius 3 is 2.39 bits per heavy atom. The highest BCUT2D eigenvalue weighted by molar-refractivity contribution is 5.82. The SMILES string of the molecule is C/C(=C\[C@H](C)CCCCC(=O)O)[C@@H]1O[C@@H]2C=C[C@@H]1OC(=O)\C=C/C=C\C=C/[C@H]1O[C@@H]3C[C@H]1O[C@@H](/C=C\C[C@H]1O[C@@H](C[C@@H](O)/C=C\CC/C=C\C2)C[C@H](O)[C@H]1C)[C@@H]3C. The van der Waals surface area contributed by atoms with Crippen LogP contribution in [0.3, 0.4) is 0 Å². The minimum Gasteiger partial charge on any atom is -0.481 e. The minimum absolute atomic E-state index is 0.0184. The number of aliphatic hydroxyl groups excluding tert-OH is 2. The van der Waals surface area contributed by atoms with Crippen molar-refractivity contribution in [2.75, 3.05) is 0 Å². The van der Waals surface area contributed by atoms with Crippen molar-refractivity contribution < 1.29 is 48.6 Å². The molecule has 10 heteroatoms. The molecule has 57 heavy (non-hydrogen) atoms. The first-order valence-electron chi connectivity index (χ1n) is 21.2. The number of carboxylic acids is 1. The van der Waals surface area contributed by atoms with E-state index >= 15 is 0 Å². The lowest BCUT2D eigenvalue weighted by Gasteiger charge is -2.38. The highest BCUT2D eigenvalue weighted by Crippen LogP contribution is 2.38. The molecule has 6 heterocycles. The molecule has 314 valence electrons. The van der Waals surface area contributed by atoms with Crippen molar-refractivity contribution in [3.05, 3.63) is 96.7 Å². The van der Waals surface area contributed by atoms with E-state index in [2.05, 4.69) is 44.2 Å². The summed E-state index contributed by atoms with van der Waals surface area (Å²) in [5.41, 5.74) is 0.966. The van der Waals surface area contributed by atoms with Crippen molar-refractivity contribution >= 4 is 11.9 Å². The topological polar surface area (TPSA) is 141 Å². The van der Waals surface area contributed by atoms with Crippen LogP contribution in [0.25, 0.3) is 0 Å². The molecular weight excluding hydrogens is 725 g/mol. The quantitative estimate of drug-likeness (QED) is 0.133. The zero-order chi connectivity index (χ0) is 40.7. The second-order valence-electron chi connectivity index (χ2n) is 16.5. The Labute approximate surface area is 339 Å². The summed E-state index contributed by atoms with van der Waals surface area (Å²) in [6.45, 7) is 8.29. The van der Waals surface area contributed by atoms with Crippen molar-refractivity contribution in [3.8, 4) is 0 Å². The number of ether oxygens (including phenoxy) is 5. The third kappa shape index (κ3) is 14.1. The molecule has 7 bridgehead atoms. The molecule has 3 N–H and O–H groups in total. The molecule has 3 fully saturated rings. The number of carboxylic acid groups (broad SMARTS) is 1. The Bertz CT molecular complexity index is 1540. The van der Waals surface area contributed by atoms with Crippen molar-refractivity contribution in [3.63, 3.8) is 0 Å². The van der Waals surface area contributed by atoms with Gasteiger partial charge < -0.3 is 39.0 Å². The molecule has 10 nitrogen and oxygen atoms in total. The van der Waals surface area contributed by atoms with Crippen molar-refractivity contribution in [2.45, 2.75) is 165 Å². The van der Waals surface area contributed by atoms with Crippen LogP contribution in [0.1, 0.15) is 98.3 Å². The Kier molecular flexibility index (Phi) is 17.8. The van der Waals surface area contributed by atoms with E-state index in [0.29, 0.717) is 32.1 Å². The molecule has 6 rings (SSSR count). The number of aliphatic carboxylic acids is 1. The predicted molar refractivity (Wildman–Crippen MR) is 220 cm³/mol. The van der Waals surface area contributed by atoms with Gasteiger partial charge in [-0.3, -0.25) is 4.79 Å². The number of rotatable bonds is 7. The summed E-state index contributed by atoms with van der Waals surface area (Å²) in [7, 11) is 0. The van der Waals surface area contributed by atoms with E-state index in [1.165, 1.54) is 6.08 Å². The number of fused-ring (bicyclic) bond motifs is 13. The van der Waals surface area contributed by atoms with Gasteiger partial charge in [0.15, 0.2) is 6.10 Å². The fourth-order valence-electron chi connectivity index (χ4n) is 8.40. The molecule has 14 atom stereocenters. The molecule has 6 aliphatic heterocycles. The summed E-state index contributed by atoms with van der Waals surface area (Å²) in [4.78, 5) is 23.9.